The molecule has 0 amide bonds. The van der Waals surface area contributed by atoms with Crippen molar-refractivity contribution in [1.82, 2.24) is 9.05 Å². The van der Waals surface area contributed by atoms with Gasteiger partial charge in [0.1, 0.15) is 0 Å². The fraction of sp³-hybridized carbons (Fsp3) is 0.333. The van der Waals surface area contributed by atoms with Crippen molar-refractivity contribution in [2.45, 2.75) is 123 Å². The molecule has 0 aliphatic carbocycles. The molecule has 4 heterocycles. The molecule has 6 aromatic carbocycles. The Hall–Kier alpha value is -5.02. The maximum atomic E-state index is 2.85. The fourth-order valence-corrected chi connectivity index (χ4v) is 11.6. The first-order valence-corrected chi connectivity index (χ1v) is 21.2. The van der Waals surface area contributed by atoms with Crippen LogP contribution in [0, 0.1) is 96.9 Å². The highest BCUT2D eigenvalue weighted by Crippen LogP contribution is 2.51. The van der Waals surface area contributed by atoms with Gasteiger partial charge in [-0.05, 0) is 226 Å². The number of fused-ring (bicyclic) bond motifs is 10. The molecular formula is C54H57BN2. The van der Waals surface area contributed by atoms with Gasteiger partial charge in [0.25, 0.3) is 0 Å². The highest BCUT2D eigenvalue weighted by atomic mass is 15.0. The second-order valence-electron chi connectivity index (χ2n) is 19.3. The van der Waals surface area contributed by atoms with Crippen LogP contribution in [0.25, 0.3) is 71.6 Å². The first-order chi connectivity index (χ1) is 26.8. The Morgan fingerprint density at radius 2 is 0.860 bits per heavy atom. The molecule has 2 aliphatic rings. The topological polar surface area (TPSA) is 9.86 Å². The maximum Gasteiger partial charge on any atom is 0.333 e. The smallest absolute Gasteiger partial charge is 0.333 e. The van der Waals surface area contributed by atoms with Crippen molar-refractivity contribution in [3.63, 3.8) is 0 Å². The molecule has 0 N–H and O–H groups in total. The van der Waals surface area contributed by atoms with E-state index >= 15 is 0 Å². The molecule has 0 radical (unpaired) electrons. The van der Waals surface area contributed by atoms with E-state index in [-0.39, 0.29) is 12.3 Å². The van der Waals surface area contributed by atoms with Crippen LogP contribution in [0.4, 0.5) is 0 Å². The Morgan fingerprint density at radius 3 is 1.42 bits per heavy atom. The van der Waals surface area contributed by atoms with Crippen molar-refractivity contribution in [2.24, 2.45) is 0 Å². The minimum atomic E-state index is 0.0305. The molecule has 0 spiro atoms. The minimum Gasteiger partial charge on any atom is -0.375 e. The van der Waals surface area contributed by atoms with Gasteiger partial charge in [-0.3, -0.25) is 0 Å². The van der Waals surface area contributed by atoms with E-state index in [1.165, 1.54) is 166 Å². The number of hydrogen-bond donors (Lipinski definition) is 0. The van der Waals surface area contributed by atoms with Crippen molar-refractivity contribution < 1.29 is 0 Å². The van der Waals surface area contributed by atoms with E-state index in [1.807, 2.05) is 0 Å². The second-order valence-corrected chi connectivity index (χ2v) is 19.3. The summed E-state index contributed by atoms with van der Waals surface area (Å²) in [6.45, 7) is 40.2. The van der Waals surface area contributed by atoms with Gasteiger partial charge in [0, 0.05) is 43.8 Å². The zero-order chi connectivity index (χ0) is 40.8. The third-order valence-electron chi connectivity index (χ3n) is 16.0. The predicted molar refractivity (Wildman–Crippen MR) is 250 cm³/mol. The van der Waals surface area contributed by atoms with Crippen LogP contribution in [0.3, 0.4) is 0 Å². The average molecular weight is 745 g/mol. The lowest BCUT2D eigenvalue weighted by atomic mass is 9.44. The maximum absolute atomic E-state index is 2.85. The SMILES string of the molecule is Cc1c(C)c(C)c2c(c1C)c1c(C)c(C)c(C)c3c1n2B1c2c-3cc(-c3ccc(C(C)(C)C)cc3)cc2-n2c3c(C)c(C)c(C)c(C)c3c3c(C)c(C)c(C)c1c32. The summed E-state index contributed by atoms with van der Waals surface area (Å²) < 4.78 is 5.60. The van der Waals surface area contributed by atoms with Gasteiger partial charge in [-0.2, -0.15) is 0 Å². The fourth-order valence-electron chi connectivity index (χ4n) is 11.6. The third-order valence-corrected chi connectivity index (χ3v) is 16.0. The van der Waals surface area contributed by atoms with Crippen LogP contribution in [0.5, 0.6) is 0 Å². The van der Waals surface area contributed by atoms with Gasteiger partial charge in [-0.15, -0.1) is 0 Å². The van der Waals surface area contributed by atoms with Gasteiger partial charge in [0.15, 0.2) is 0 Å². The molecule has 0 atom stereocenters. The molecule has 10 rings (SSSR count). The Bertz CT molecular complexity index is 3220. The highest BCUT2D eigenvalue weighted by molar-refractivity contribution is 6.90. The number of benzene rings is 6. The Labute approximate surface area is 340 Å². The lowest BCUT2D eigenvalue weighted by Gasteiger charge is -2.37. The summed E-state index contributed by atoms with van der Waals surface area (Å²) in [6.07, 6.45) is 0. The van der Waals surface area contributed by atoms with Gasteiger partial charge >= 0.3 is 6.85 Å². The molecule has 3 heteroatoms. The van der Waals surface area contributed by atoms with Gasteiger partial charge in [0.2, 0.25) is 0 Å². The van der Waals surface area contributed by atoms with E-state index in [9.17, 15) is 0 Å². The van der Waals surface area contributed by atoms with Crippen molar-refractivity contribution in [1.29, 1.82) is 0 Å². The average Bonchev–Trinajstić information content (AvgIpc) is 3.73. The Kier molecular flexibility index (Phi) is 7.23. The lowest BCUT2D eigenvalue weighted by Crippen LogP contribution is -2.56. The summed E-state index contributed by atoms with van der Waals surface area (Å²) in [7, 11) is 0. The summed E-state index contributed by atoms with van der Waals surface area (Å²) in [5.41, 5.74) is 36.5. The summed E-state index contributed by atoms with van der Waals surface area (Å²) in [6, 6.07) is 14.6. The summed E-state index contributed by atoms with van der Waals surface area (Å²) in [5.74, 6) is 0. The first kappa shape index (κ1) is 36.3. The van der Waals surface area contributed by atoms with Crippen LogP contribution in [0.2, 0.25) is 0 Å². The quantitative estimate of drug-likeness (QED) is 0.148. The number of rotatable bonds is 1. The van der Waals surface area contributed by atoms with Gasteiger partial charge < -0.3 is 9.05 Å². The molecule has 8 aromatic rings. The van der Waals surface area contributed by atoms with E-state index in [4.69, 9.17) is 0 Å². The van der Waals surface area contributed by atoms with E-state index in [0.717, 1.165) is 0 Å². The van der Waals surface area contributed by atoms with Crippen LogP contribution in [0.15, 0.2) is 36.4 Å². The molecule has 0 fully saturated rings. The molecule has 2 aromatic heterocycles. The van der Waals surface area contributed by atoms with Crippen molar-refractivity contribution in [3.05, 3.63) is 120 Å². The lowest BCUT2D eigenvalue weighted by molar-refractivity contribution is 0.590. The first-order valence-electron chi connectivity index (χ1n) is 21.2. The predicted octanol–water partition coefficient (Wildman–Crippen LogP) is 13.1. The van der Waals surface area contributed by atoms with E-state index in [1.54, 1.807) is 0 Å². The summed E-state index contributed by atoms with van der Waals surface area (Å²) in [4.78, 5) is 0. The number of aromatic nitrogens is 2. The molecule has 2 nitrogen and oxygen atoms in total. The van der Waals surface area contributed by atoms with Crippen LogP contribution in [0.1, 0.15) is 104 Å². The highest BCUT2D eigenvalue weighted by Gasteiger charge is 2.45. The number of hydrogen-bond acceptors (Lipinski definition) is 0. The van der Waals surface area contributed by atoms with Crippen molar-refractivity contribution >= 4 is 61.4 Å². The van der Waals surface area contributed by atoms with E-state index < -0.39 is 0 Å². The number of nitrogens with zero attached hydrogens (tertiary/aromatic N) is 2. The monoisotopic (exact) mass is 744 g/mol. The molecule has 57 heavy (non-hydrogen) atoms. The molecule has 0 saturated carbocycles. The summed E-state index contributed by atoms with van der Waals surface area (Å²) >= 11 is 0. The minimum absolute atomic E-state index is 0.0305. The Balaban J connectivity index is 1.53. The van der Waals surface area contributed by atoms with Crippen LogP contribution >= 0.6 is 0 Å². The van der Waals surface area contributed by atoms with E-state index in [2.05, 4.69) is 163 Å². The zero-order valence-corrected chi connectivity index (χ0v) is 37.4. The van der Waals surface area contributed by atoms with E-state index in [0.29, 0.717) is 0 Å². The molecule has 0 saturated heterocycles. The zero-order valence-electron chi connectivity index (χ0n) is 37.4. The normalized spacial score (nSPS) is 13.3. The second kappa shape index (κ2) is 11.3. The van der Waals surface area contributed by atoms with Gasteiger partial charge in [-0.25, -0.2) is 0 Å². The number of aryl methyl sites for hydroxylation is 6. The largest absolute Gasteiger partial charge is 0.375 e. The molecular weight excluding hydrogens is 687 g/mol. The van der Waals surface area contributed by atoms with Crippen LogP contribution in [-0.4, -0.2) is 15.9 Å². The molecule has 2 aliphatic heterocycles. The van der Waals surface area contributed by atoms with Crippen molar-refractivity contribution in [3.8, 4) is 27.9 Å². The third kappa shape index (κ3) is 4.18. The van der Waals surface area contributed by atoms with Crippen molar-refractivity contribution in [2.75, 3.05) is 0 Å². The Morgan fingerprint density at radius 1 is 0.404 bits per heavy atom. The molecule has 286 valence electrons. The van der Waals surface area contributed by atoms with Crippen LogP contribution < -0.4 is 10.9 Å². The van der Waals surface area contributed by atoms with Crippen LogP contribution in [-0.2, 0) is 5.41 Å². The standard InChI is InChI=1S/C54H57BN2/c1-24-26(3)36(13)50-44(31(24)8)47-34(11)29(6)35(12)48-53(47)56(50)42-23-39(38-18-20-40(21-19-38)54(15,16)17)22-41-43-30(7)28(5)33(10)46-45-32(9)25(2)27(4)37(14)51(45)57(52(43)46)55(48)49(41)42/h18-23H,1-17H3. The van der Waals surface area contributed by atoms with Gasteiger partial charge in [0.05, 0.1) is 11.0 Å². The molecule has 0 unspecified atom stereocenters. The molecule has 0 bridgehead atoms. The summed E-state index contributed by atoms with van der Waals surface area (Å²) in [5, 5.41) is 5.76. The van der Waals surface area contributed by atoms with Gasteiger partial charge in [-0.1, -0.05) is 45.0 Å².